The highest BCUT2D eigenvalue weighted by molar-refractivity contribution is 5.29. The van der Waals surface area contributed by atoms with Crippen molar-refractivity contribution < 1.29 is 4.74 Å². The lowest BCUT2D eigenvalue weighted by molar-refractivity contribution is 0.303. The summed E-state index contributed by atoms with van der Waals surface area (Å²) in [5, 5.41) is 0. The van der Waals surface area contributed by atoms with Gasteiger partial charge in [-0.3, -0.25) is 0 Å². The van der Waals surface area contributed by atoms with E-state index in [1.807, 2.05) is 0 Å². The molecule has 1 fully saturated rings. The van der Waals surface area contributed by atoms with E-state index in [1.165, 1.54) is 18.4 Å². The summed E-state index contributed by atoms with van der Waals surface area (Å²) in [5.74, 6) is 1.55. The quantitative estimate of drug-likeness (QED) is 0.802. The van der Waals surface area contributed by atoms with Crippen molar-refractivity contribution >= 4 is 0 Å². The van der Waals surface area contributed by atoms with Crippen molar-refractivity contribution in [2.24, 2.45) is 5.73 Å². The van der Waals surface area contributed by atoms with Crippen LogP contribution in [0.25, 0.3) is 0 Å². The van der Waals surface area contributed by atoms with Crippen LogP contribution in [0.15, 0.2) is 24.3 Å². The molecule has 0 heterocycles. The maximum atomic E-state index is 5.70. The molecule has 0 radical (unpaired) electrons. The summed E-state index contributed by atoms with van der Waals surface area (Å²) in [5.41, 5.74) is 6.90. The van der Waals surface area contributed by atoms with Crippen LogP contribution in [0.4, 0.5) is 0 Å². The summed E-state index contributed by atoms with van der Waals surface area (Å²) >= 11 is 0. The van der Waals surface area contributed by atoms with Gasteiger partial charge < -0.3 is 10.5 Å². The first kappa shape index (κ1) is 10.5. The molecule has 2 rings (SSSR count). The largest absolute Gasteiger partial charge is 0.490 e. The molecule has 2 heteroatoms. The highest BCUT2D eigenvalue weighted by atomic mass is 16.5. The molecule has 15 heavy (non-hydrogen) atoms. The van der Waals surface area contributed by atoms with Gasteiger partial charge in [0.1, 0.15) is 5.75 Å². The van der Waals surface area contributed by atoms with Gasteiger partial charge in [-0.15, -0.1) is 0 Å². The Bertz CT molecular complexity index is 303. The van der Waals surface area contributed by atoms with E-state index in [9.17, 15) is 0 Å². The molecule has 1 saturated carbocycles. The van der Waals surface area contributed by atoms with Crippen LogP contribution in [0.3, 0.4) is 0 Å². The number of hydrogen-bond donors (Lipinski definition) is 1. The van der Waals surface area contributed by atoms with E-state index in [2.05, 4.69) is 31.2 Å². The average molecular weight is 205 g/mol. The average Bonchev–Trinajstić information content (AvgIpc) is 3.03. The second-order valence-electron chi connectivity index (χ2n) is 4.36. The summed E-state index contributed by atoms with van der Waals surface area (Å²) in [6.07, 6.45) is 3.96. The van der Waals surface area contributed by atoms with Crippen LogP contribution in [0.2, 0.25) is 0 Å². The number of rotatable bonds is 5. The molecule has 2 nitrogen and oxygen atoms in total. The van der Waals surface area contributed by atoms with E-state index in [0.717, 1.165) is 18.7 Å². The van der Waals surface area contributed by atoms with Gasteiger partial charge >= 0.3 is 0 Å². The third-order valence-corrected chi connectivity index (χ3v) is 2.88. The van der Waals surface area contributed by atoms with Crippen LogP contribution in [-0.4, -0.2) is 12.6 Å². The Labute approximate surface area is 91.4 Å². The fraction of sp³-hybridized carbons (Fsp3) is 0.538. The Morgan fingerprint density at radius 3 is 2.53 bits per heavy atom. The van der Waals surface area contributed by atoms with Crippen molar-refractivity contribution in [3.63, 3.8) is 0 Å². The standard InChI is InChI=1S/C13H19NO/c1-10(8-9-14)11-2-4-12(5-3-11)15-13-6-7-13/h2-5,10,13H,6-9,14H2,1H3. The monoisotopic (exact) mass is 205 g/mol. The first-order valence-electron chi connectivity index (χ1n) is 5.76. The van der Waals surface area contributed by atoms with Crippen LogP contribution in [-0.2, 0) is 0 Å². The van der Waals surface area contributed by atoms with Crippen molar-refractivity contribution in [2.75, 3.05) is 6.54 Å². The zero-order chi connectivity index (χ0) is 10.7. The second kappa shape index (κ2) is 4.67. The predicted molar refractivity (Wildman–Crippen MR) is 62.2 cm³/mol. The number of benzene rings is 1. The fourth-order valence-corrected chi connectivity index (χ4v) is 1.67. The Morgan fingerprint density at radius 1 is 1.33 bits per heavy atom. The van der Waals surface area contributed by atoms with Gasteiger partial charge in [0.15, 0.2) is 0 Å². The molecule has 1 aliphatic carbocycles. The Kier molecular flexibility index (Phi) is 3.27. The summed E-state index contributed by atoms with van der Waals surface area (Å²) in [7, 11) is 0. The first-order chi connectivity index (χ1) is 7.29. The molecule has 1 aromatic rings. The molecule has 1 aliphatic rings. The van der Waals surface area contributed by atoms with E-state index in [-0.39, 0.29) is 0 Å². The normalized spacial score (nSPS) is 17.5. The Morgan fingerprint density at radius 2 is 2.00 bits per heavy atom. The summed E-state index contributed by atoms with van der Waals surface area (Å²) < 4.78 is 5.70. The summed E-state index contributed by atoms with van der Waals surface area (Å²) in [6, 6.07) is 8.44. The van der Waals surface area contributed by atoms with Gasteiger partial charge in [0, 0.05) is 0 Å². The van der Waals surface area contributed by atoms with Gasteiger partial charge in [0.25, 0.3) is 0 Å². The second-order valence-corrected chi connectivity index (χ2v) is 4.36. The van der Waals surface area contributed by atoms with Crippen LogP contribution in [0, 0.1) is 0 Å². The third-order valence-electron chi connectivity index (χ3n) is 2.88. The minimum atomic E-state index is 0.484. The minimum Gasteiger partial charge on any atom is -0.490 e. The lowest BCUT2D eigenvalue weighted by Gasteiger charge is -2.11. The minimum absolute atomic E-state index is 0.484. The van der Waals surface area contributed by atoms with Crippen LogP contribution < -0.4 is 10.5 Å². The van der Waals surface area contributed by atoms with E-state index < -0.39 is 0 Å². The summed E-state index contributed by atoms with van der Waals surface area (Å²) in [6.45, 7) is 2.96. The molecule has 0 aromatic heterocycles. The molecule has 0 aliphatic heterocycles. The van der Waals surface area contributed by atoms with Crippen molar-refractivity contribution in [3.8, 4) is 5.75 Å². The highest BCUT2D eigenvalue weighted by Crippen LogP contribution is 2.28. The molecule has 82 valence electrons. The summed E-state index contributed by atoms with van der Waals surface area (Å²) in [4.78, 5) is 0. The zero-order valence-corrected chi connectivity index (χ0v) is 9.28. The highest BCUT2D eigenvalue weighted by Gasteiger charge is 2.23. The maximum Gasteiger partial charge on any atom is 0.119 e. The van der Waals surface area contributed by atoms with Crippen LogP contribution >= 0.6 is 0 Å². The lowest BCUT2D eigenvalue weighted by Crippen LogP contribution is -2.04. The molecular formula is C13H19NO. The first-order valence-corrected chi connectivity index (χ1v) is 5.76. The zero-order valence-electron chi connectivity index (χ0n) is 9.28. The number of hydrogen-bond acceptors (Lipinski definition) is 2. The van der Waals surface area contributed by atoms with Gasteiger partial charge in [-0.05, 0) is 49.4 Å². The molecule has 2 N–H and O–H groups in total. The van der Waals surface area contributed by atoms with Crippen molar-refractivity contribution in [2.45, 2.75) is 38.2 Å². The van der Waals surface area contributed by atoms with Crippen molar-refractivity contribution in [3.05, 3.63) is 29.8 Å². The Hall–Kier alpha value is -1.02. The predicted octanol–water partition coefficient (Wildman–Crippen LogP) is 2.68. The molecule has 1 atom stereocenters. The number of ether oxygens (including phenoxy) is 1. The van der Waals surface area contributed by atoms with E-state index in [4.69, 9.17) is 10.5 Å². The molecule has 1 unspecified atom stereocenters. The molecule has 0 spiro atoms. The number of nitrogens with two attached hydrogens (primary N) is 1. The van der Waals surface area contributed by atoms with Crippen LogP contribution in [0.1, 0.15) is 37.7 Å². The fourth-order valence-electron chi connectivity index (χ4n) is 1.67. The molecule has 0 amide bonds. The Balaban J connectivity index is 1.95. The van der Waals surface area contributed by atoms with Gasteiger partial charge in [0.05, 0.1) is 6.10 Å². The van der Waals surface area contributed by atoms with Gasteiger partial charge in [-0.2, -0.15) is 0 Å². The lowest BCUT2D eigenvalue weighted by atomic mass is 9.98. The van der Waals surface area contributed by atoms with Crippen LogP contribution in [0.5, 0.6) is 5.75 Å². The maximum absolute atomic E-state index is 5.70. The van der Waals surface area contributed by atoms with E-state index >= 15 is 0 Å². The van der Waals surface area contributed by atoms with Crippen molar-refractivity contribution in [1.82, 2.24) is 0 Å². The molecular weight excluding hydrogens is 186 g/mol. The van der Waals surface area contributed by atoms with Crippen molar-refractivity contribution in [1.29, 1.82) is 0 Å². The topological polar surface area (TPSA) is 35.2 Å². The van der Waals surface area contributed by atoms with Gasteiger partial charge in [-0.1, -0.05) is 19.1 Å². The molecule has 1 aromatic carbocycles. The third kappa shape index (κ3) is 2.96. The smallest absolute Gasteiger partial charge is 0.119 e. The van der Waals surface area contributed by atoms with Gasteiger partial charge in [0.2, 0.25) is 0 Å². The van der Waals surface area contributed by atoms with E-state index in [0.29, 0.717) is 12.0 Å². The SMILES string of the molecule is CC(CCN)c1ccc(OC2CC2)cc1. The van der Waals surface area contributed by atoms with Gasteiger partial charge in [-0.25, -0.2) is 0 Å². The van der Waals surface area contributed by atoms with E-state index in [1.54, 1.807) is 0 Å². The molecule has 0 saturated heterocycles. The molecule has 0 bridgehead atoms.